The minimum Gasteiger partial charge on any atom is -0.335 e. The highest BCUT2D eigenvalue weighted by Crippen LogP contribution is 2.21. The molecule has 21 heavy (non-hydrogen) atoms. The zero-order valence-electron chi connectivity index (χ0n) is 12.7. The fourth-order valence-corrected chi connectivity index (χ4v) is 3.50. The van der Waals surface area contributed by atoms with Gasteiger partial charge in [-0.15, -0.1) is 0 Å². The van der Waals surface area contributed by atoms with Gasteiger partial charge in [-0.1, -0.05) is 19.3 Å². The van der Waals surface area contributed by atoms with Gasteiger partial charge in [0.25, 0.3) is 0 Å². The third-order valence-corrected chi connectivity index (χ3v) is 4.84. The van der Waals surface area contributed by atoms with E-state index in [4.69, 9.17) is 0 Å². The summed E-state index contributed by atoms with van der Waals surface area (Å²) in [5.41, 5.74) is 0. The Morgan fingerprint density at radius 3 is 2.57 bits per heavy atom. The van der Waals surface area contributed by atoms with Crippen molar-refractivity contribution in [1.29, 1.82) is 0 Å². The monoisotopic (exact) mass is 290 g/mol. The van der Waals surface area contributed by atoms with Crippen LogP contribution in [0.5, 0.6) is 0 Å². The number of hydrogen-bond acceptors (Lipinski definition) is 2. The second-order valence-electron chi connectivity index (χ2n) is 6.44. The molecular weight excluding hydrogens is 264 g/mol. The summed E-state index contributed by atoms with van der Waals surface area (Å²) in [6.45, 7) is 2.74. The van der Waals surface area contributed by atoms with E-state index in [1.54, 1.807) is 0 Å². The molecule has 0 spiro atoms. The summed E-state index contributed by atoms with van der Waals surface area (Å²) in [6.07, 6.45) is 12.2. The molecule has 1 aromatic rings. The van der Waals surface area contributed by atoms with E-state index in [1.165, 1.54) is 19.3 Å². The molecule has 1 N–H and O–H groups in total. The van der Waals surface area contributed by atoms with Gasteiger partial charge in [0, 0.05) is 38.1 Å². The SMILES string of the molecule is O=C(NC1CCCCC1)N1CCC(Cn2cccn2)CC1. The molecule has 0 radical (unpaired) electrons. The predicted octanol–water partition coefficient (Wildman–Crippen LogP) is 2.64. The third kappa shape index (κ3) is 3.99. The number of urea groups is 1. The summed E-state index contributed by atoms with van der Waals surface area (Å²) in [6, 6.07) is 2.53. The first kappa shape index (κ1) is 14.4. The summed E-state index contributed by atoms with van der Waals surface area (Å²) >= 11 is 0. The number of carbonyl (C=O) groups is 1. The predicted molar refractivity (Wildman–Crippen MR) is 81.9 cm³/mol. The van der Waals surface area contributed by atoms with E-state index >= 15 is 0 Å². The van der Waals surface area contributed by atoms with Crippen LogP contribution < -0.4 is 5.32 Å². The van der Waals surface area contributed by atoms with Crippen LogP contribution in [0.25, 0.3) is 0 Å². The van der Waals surface area contributed by atoms with E-state index in [1.807, 2.05) is 28.0 Å². The number of hydrogen-bond donors (Lipinski definition) is 1. The number of amides is 2. The number of nitrogens with one attached hydrogen (secondary N) is 1. The molecule has 5 nitrogen and oxygen atoms in total. The Labute approximate surface area is 126 Å². The van der Waals surface area contributed by atoms with Crippen LogP contribution in [0.1, 0.15) is 44.9 Å². The molecule has 2 heterocycles. The molecule has 1 saturated heterocycles. The quantitative estimate of drug-likeness (QED) is 0.930. The van der Waals surface area contributed by atoms with Crippen LogP contribution in [0.4, 0.5) is 4.79 Å². The molecule has 5 heteroatoms. The van der Waals surface area contributed by atoms with Gasteiger partial charge in [-0.3, -0.25) is 4.68 Å². The van der Waals surface area contributed by atoms with Crippen molar-refractivity contribution in [2.75, 3.05) is 13.1 Å². The van der Waals surface area contributed by atoms with Gasteiger partial charge in [-0.2, -0.15) is 5.10 Å². The molecule has 0 aromatic carbocycles. The van der Waals surface area contributed by atoms with E-state index in [0.717, 1.165) is 45.3 Å². The summed E-state index contributed by atoms with van der Waals surface area (Å²) < 4.78 is 2.00. The second-order valence-corrected chi connectivity index (χ2v) is 6.44. The number of rotatable bonds is 3. The molecule has 2 amide bonds. The molecule has 0 unspecified atom stereocenters. The molecule has 3 rings (SSSR count). The van der Waals surface area contributed by atoms with Gasteiger partial charge >= 0.3 is 6.03 Å². The summed E-state index contributed by atoms with van der Waals surface area (Å²) in [7, 11) is 0. The van der Waals surface area contributed by atoms with Crippen molar-refractivity contribution in [3.8, 4) is 0 Å². The van der Waals surface area contributed by atoms with Gasteiger partial charge < -0.3 is 10.2 Å². The highest BCUT2D eigenvalue weighted by atomic mass is 16.2. The van der Waals surface area contributed by atoms with Crippen LogP contribution in [0.2, 0.25) is 0 Å². The zero-order valence-corrected chi connectivity index (χ0v) is 12.7. The Morgan fingerprint density at radius 1 is 1.14 bits per heavy atom. The number of carbonyl (C=O) groups excluding carboxylic acids is 1. The Hall–Kier alpha value is -1.52. The molecule has 1 aromatic heterocycles. The molecule has 1 saturated carbocycles. The van der Waals surface area contributed by atoms with E-state index in [0.29, 0.717) is 12.0 Å². The normalized spacial score (nSPS) is 21.4. The molecular formula is C16H26N4O. The highest BCUT2D eigenvalue weighted by molar-refractivity contribution is 5.74. The van der Waals surface area contributed by atoms with Crippen molar-refractivity contribution < 1.29 is 4.79 Å². The van der Waals surface area contributed by atoms with Gasteiger partial charge in [0.05, 0.1) is 0 Å². The van der Waals surface area contributed by atoms with Crippen LogP contribution in [-0.2, 0) is 6.54 Å². The minimum atomic E-state index is 0.152. The first-order valence-corrected chi connectivity index (χ1v) is 8.34. The minimum absolute atomic E-state index is 0.152. The van der Waals surface area contributed by atoms with Crippen LogP contribution >= 0.6 is 0 Å². The Balaban J connectivity index is 1.41. The van der Waals surface area contributed by atoms with Gasteiger partial charge in [0.15, 0.2) is 0 Å². The molecule has 2 aliphatic rings. The first-order valence-electron chi connectivity index (χ1n) is 8.34. The second kappa shape index (κ2) is 6.96. The van der Waals surface area contributed by atoms with Gasteiger partial charge in [0.1, 0.15) is 0 Å². The van der Waals surface area contributed by atoms with Crippen LogP contribution in [0, 0.1) is 5.92 Å². The summed E-state index contributed by atoms with van der Waals surface area (Å²) in [5, 5.41) is 7.48. The van der Waals surface area contributed by atoms with Crippen molar-refractivity contribution in [1.82, 2.24) is 20.0 Å². The zero-order chi connectivity index (χ0) is 14.5. The molecule has 0 atom stereocenters. The smallest absolute Gasteiger partial charge is 0.317 e. The van der Waals surface area contributed by atoms with Gasteiger partial charge in [-0.05, 0) is 37.7 Å². The average molecular weight is 290 g/mol. The number of nitrogens with zero attached hydrogens (tertiary/aromatic N) is 3. The molecule has 1 aliphatic carbocycles. The standard InChI is InChI=1S/C16H26N4O/c21-16(18-15-5-2-1-3-6-15)19-11-7-14(8-12-19)13-20-10-4-9-17-20/h4,9-10,14-15H,1-3,5-8,11-13H2,(H,18,21). The number of piperidine rings is 1. The highest BCUT2D eigenvalue weighted by Gasteiger charge is 2.25. The molecule has 1 aliphatic heterocycles. The number of aromatic nitrogens is 2. The Morgan fingerprint density at radius 2 is 1.90 bits per heavy atom. The summed E-state index contributed by atoms with van der Waals surface area (Å²) in [4.78, 5) is 14.3. The van der Waals surface area contributed by atoms with E-state index < -0.39 is 0 Å². The average Bonchev–Trinajstić information content (AvgIpc) is 3.02. The topological polar surface area (TPSA) is 50.2 Å². The lowest BCUT2D eigenvalue weighted by Gasteiger charge is -2.34. The maximum atomic E-state index is 12.3. The van der Waals surface area contributed by atoms with Crippen LogP contribution in [0.3, 0.4) is 0 Å². The fraction of sp³-hybridized carbons (Fsp3) is 0.750. The third-order valence-electron chi connectivity index (χ3n) is 4.84. The number of likely N-dealkylation sites (tertiary alicyclic amines) is 1. The van der Waals surface area contributed by atoms with Crippen molar-refractivity contribution >= 4 is 6.03 Å². The van der Waals surface area contributed by atoms with Gasteiger partial charge in [-0.25, -0.2) is 4.79 Å². The van der Waals surface area contributed by atoms with Crippen molar-refractivity contribution in [3.63, 3.8) is 0 Å². The largest absolute Gasteiger partial charge is 0.335 e. The van der Waals surface area contributed by atoms with Crippen LogP contribution in [0.15, 0.2) is 18.5 Å². The maximum absolute atomic E-state index is 12.3. The first-order chi connectivity index (χ1) is 10.3. The van der Waals surface area contributed by atoms with Crippen LogP contribution in [-0.4, -0.2) is 39.8 Å². The molecule has 116 valence electrons. The van der Waals surface area contributed by atoms with E-state index in [-0.39, 0.29) is 6.03 Å². The maximum Gasteiger partial charge on any atom is 0.317 e. The van der Waals surface area contributed by atoms with Crippen molar-refractivity contribution in [3.05, 3.63) is 18.5 Å². The Bertz CT molecular complexity index is 431. The van der Waals surface area contributed by atoms with E-state index in [2.05, 4.69) is 10.4 Å². The lowest BCUT2D eigenvalue weighted by Crippen LogP contribution is -2.48. The van der Waals surface area contributed by atoms with E-state index in [9.17, 15) is 4.79 Å². The Kier molecular flexibility index (Phi) is 4.78. The van der Waals surface area contributed by atoms with Gasteiger partial charge in [0.2, 0.25) is 0 Å². The lowest BCUT2D eigenvalue weighted by atomic mass is 9.95. The van der Waals surface area contributed by atoms with Crippen molar-refractivity contribution in [2.24, 2.45) is 5.92 Å². The fourth-order valence-electron chi connectivity index (χ4n) is 3.50. The van der Waals surface area contributed by atoms with Crippen molar-refractivity contribution in [2.45, 2.75) is 57.5 Å². The lowest BCUT2D eigenvalue weighted by molar-refractivity contribution is 0.158. The summed E-state index contributed by atoms with van der Waals surface area (Å²) in [5.74, 6) is 0.642. The molecule has 2 fully saturated rings. The molecule has 0 bridgehead atoms.